The van der Waals surface area contributed by atoms with Crippen molar-refractivity contribution in [1.82, 2.24) is 0 Å². The Morgan fingerprint density at radius 2 is 1.84 bits per heavy atom. The van der Waals surface area contributed by atoms with Crippen LogP contribution in [0.25, 0.3) is 4.91 Å². The number of hydrogen-bond donors (Lipinski definition) is 0. The minimum Gasteiger partial charge on any atom is -0.490 e. The second-order valence-electron chi connectivity index (χ2n) is 4.76. The van der Waals surface area contributed by atoms with Crippen LogP contribution >= 0.6 is 11.8 Å². The van der Waals surface area contributed by atoms with Crippen molar-refractivity contribution in [2.45, 2.75) is 24.3 Å². The molecular weight excluding hydrogens is 252 g/mol. The number of rotatable bonds is 0. The Balaban J connectivity index is 2.08. The smallest absolute Gasteiger partial charge is 0.128 e. The van der Waals surface area contributed by atoms with Crippen LogP contribution in [-0.4, -0.2) is 6.10 Å². The van der Waals surface area contributed by atoms with Crippen LogP contribution < -0.4 is 4.74 Å². The molecule has 2 heteroatoms. The predicted molar refractivity (Wildman–Crippen MR) is 81.6 cm³/mol. The van der Waals surface area contributed by atoms with Crippen LogP contribution in [0.5, 0.6) is 5.75 Å². The summed E-state index contributed by atoms with van der Waals surface area (Å²) >= 11 is 1.73. The molecule has 0 unspecified atom stereocenters. The van der Waals surface area contributed by atoms with Crippen LogP contribution in [0.1, 0.15) is 18.1 Å². The number of ether oxygens (including phenoxy) is 1. The van der Waals surface area contributed by atoms with Crippen LogP contribution in [0.3, 0.4) is 0 Å². The number of hydrogen-bond acceptors (Lipinski definition) is 2. The van der Waals surface area contributed by atoms with Gasteiger partial charge in [-0.25, -0.2) is 0 Å². The highest BCUT2D eigenvalue weighted by Crippen LogP contribution is 2.40. The number of para-hydroxylation sites is 1. The van der Waals surface area contributed by atoms with E-state index in [1.54, 1.807) is 11.8 Å². The van der Waals surface area contributed by atoms with Gasteiger partial charge in [-0.1, -0.05) is 54.7 Å². The molecule has 0 amide bonds. The van der Waals surface area contributed by atoms with Crippen LogP contribution in [0.15, 0.2) is 60.0 Å². The zero-order valence-electron chi connectivity index (χ0n) is 10.9. The molecule has 0 aliphatic carbocycles. The van der Waals surface area contributed by atoms with Crippen molar-refractivity contribution < 1.29 is 4.74 Å². The molecular formula is C17H16OS. The molecule has 3 rings (SSSR count). The molecule has 0 N–H and O–H groups in total. The van der Waals surface area contributed by atoms with Gasteiger partial charge in [-0.05, 0) is 24.6 Å². The Hall–Kier alpha value is -1.67. The first-order valence-corrected chi connectivity index (χ1v) is 7.26. The van der Waals surface area contributed by atoms with Crippen molar-refractivity contribution in [3.8, 4) is 5.75 Å². The van der Waals surface area contributed by atoms with Gasteiger partial charge in [0.1, 0.15) is 5.75 Å². The Kier molecular flexibility index (Phi) is 3.34. The van der Waals surface area contributed by atoms with E-state index in [1.165, 1.54) is 10.5 Å². The third-order valence-electron chi connectivity index (χ3n) is 3.23. The monoisotopic (exact) mass is 268 g/mol. The molecule has 1 aliphatic heterocycles. The first-order chi connectivity index (χ1) is 9.24. The summed E-state index contributed by atoms with van der Waals surface area (Å²) in [4.78, 5) is 2.32. The third kappa shape index (κ3) is 2.54. The van der Waals surface area contributed by atoms with E-state index in [1.807, 2.05) is 18.2 Å². The highest BCUT2D eigenvalue weighted by Gasteiger charge is 2.17. The minimum atomic E-state index is 0.161. The molecule has 0 fully saturated rings. The molecule has 0 radical (unpaired) electrons. The molecule has 0 bridgehead atoms. The molecule has 0 saturated heterocycles. The highest BCUT2D eigenvalue weighted by atomic mass is 32.2. The van der Waals surface area contributed by atoms with Crippen molar-refractivity contribution in [2.75, 3.05) is 0 Å². The molecule has 0 aromatic heterocycles. The van der Waals surface area contributed by atoms with Gasteiger partial charge in [0.25, 0.3) is 0 Å². The van der Waals surface area contributed by atoms with E-state index in [9.17, 15) is 0 Å². The van der Waals surface area contributed by atoms with Gasteiger partial charge in [-0.15, -0.1) is 0 Å². The van der Waals surface area contributed by atoms with Gasteiger partial charge < -0.3 is 4.74 Å². The molecule has 19 heavy (non-hydrogen) atoms. The fourth-order valence-corrected chi connectivity index (χ4v) is 3.30. The molecule has 2 aromatic rings. The summed E-state index contributed by atoms with van der Waals surface area (Å²) in [5.74, 6) is 0.931. The summed E-state index contributed by atoms with van der Waals surface area (Å²) in [6, 6.07) is 16.6. The van der Waals surface area contributed by atoms with Gasteiger partial charge in [0.2, 0.25) is 0 Å². The lowest BCUT2D eigenvalue weighted by Crippen LogP contribution is -2.15. The molecule has 0 saturated carbocycles. The third-order valence-corrected chi connectivity index (χ3v) is 4.31. The van der Waals surface area contributed by atoms with Crippen LogP contribution in [0.2, 0.25) is 0 Å². The second kappa shape index (κ2) is 5.14. The lowest BCUT2D eigenvalue weighted by molar-refractivity contribution is 0.221. The maximum Gasteiger partial charge on any atom is 0.128 e. The van der Waals surface area contributed by atoms with Crippen molar-refractivity contribution in [1.29, 1.82) is 0 Å². The minimum absolute atomic E-state index is 0.161. The number of thioether (sulfide) groups is 1. The SMILES string of the molecule is C=C1Sc2ccccc2C[C@@H](C)Oc2ccccc21. The van der Waals surface area contributed by atoms with E-state index in [0.717, 1.165) is 22.6 Å². The van der Waals surface area contributed by atoms with Gasteiger partial charge in [0.15, 0.2) is 0 Å². The summed E-state index contributed by atoms with van der Waals surface area (Å²) in [5.41, 5.74) is 2.42. The maximum atomic E-state index is 6.07. The lowest BCUT2D eigenvalue weighted by Gasteiger charge is -2.16. The molecule has 1 aliphatic rings. The Morgan fingerprint density at radius 1 is 1.11 bits per heavy atom. The molecule has 2 aromatic carbocycles. The Bertz CT molecular complexity index is 618. The molecule has 1 atom stereocenters. The summed E-state index contributed by atoms with van der Waals surface area (Å²) in [7, 11) is 0. The van der Waals surface area contributed by atoms with Gasteiger partial charge in [0.05, 0.1) is 6.10 Å². The van der Waals surface area contributed by atoms with E-state index in [0.29, 0.717) is 0 Å². The van der Waals surface area contributed by atoms with E-state index >= 15 is 0 Å². The van der Waals surface area contributed by atoms with Crippen molar-refractivity contribution >= 4 is 16.7 Å². The maximum absolute atomic E-state index is 6.07. The van der Waals surface area contributed by atoms with E-state index in [4.69, 9.17) is 4.74 Å². The summed E-state index contributed by atoms with van der Waals surface area (Å²) in [5, 5.41) is 0. The van der Waals surface area contributed by atoms with E-state index in [2.05, 4.69) is 43.8 Å². The lowest BCUT2D eigenvalue weighted by atomic mass is 10.1. The number of fused-ring (bicyclic) bond motifs is 2. The second-order valence-corrected chi connectivity index (χ2v) is 5.90. The standard InChI is InChI=1S/C17H16OS/c1-12-11-14-7-3-6-10-17(14)19-13(2)15-8-4-5-9-16(15)18-12/h3-10,12H,2,11H2,1H3/t12-/m1/s1. The van der Waals surface area contributed by atoms with Gasteiger partial charge in [-0.2, -0.15) is 0 Å². The van der Waals surface area contributed by atoms with Crippen molar-refractivity contribution in [2.24, 2.45) is 0 Å². The van der Waals surface area contributed by atoms with E-state index in [-0.39, 0.29) is 6.10 Å². The van der Waals surface area contributed by atoms with Crippen LogP contribution in [-0.2, 0) is 6.42 Å². The van der Waals surface area contributed by atoms with E-state index < -0.39 is 0 Å². The average Bonchev–Trinajstić information content (AvgIpc) is 2.45. The fourth-order valence-electron chi connectivity index (χ4n) is 2.33. The molecule has 96 valence electrons. The average molecular weight is 268 g/mol. The summed E-state index contributed by atoms with van der Waals surface area (Å²) in [6.45, 7) is 6.32. The summed E-state index contributed by atoms with van der Waals surface area (Å²) < 4.78 is 6.07. The van der Waals surface area contributed by atoms with Crippen LogP contribution in [0.4, 0.5) is 0 Å². The van der Waals surface area contributed by atoms with Gasteiger partial charge in [0, 0.05) is 21.8 Å². The normalized spacial score (nSPS) is 18.4. The first-order valence-electron chi connectivity index (χ1n) is 6.45. The predicted octanol–water partition coefficient (Wildman–Crippen LogP) is 4.77. The number of benzene rings is 2. The fraction of sp³-hybridized carbons (Fsp3) is 0.176. The molecule has 1 nitrogen and oxygen atoms in total. The molecule has 0 spiro atoms. The largest absolute Gasteiger partial charge is 0.490 e. The van der Waals surface area contributed by atoms with Crippen molar-refractivity contribution in [3.05, 3.63) is 66.2 Å². The summed E-state index contributed by atoms with van der Waals surface area (Å²) in [6.07, 6.45) is 1.08. The first kappa shape index (κ1) is 12.4. The zero-order chi connectivity index (χ0) is 13.2. The van der Waals surface area contributed by atoms with Crippen LogP contribution in [0, 0.1) is 0 Å². The quantitative estimate of drug-likeness (QED) is 0.680. The molecule has 1 heterocycles. The highest BCUT2D eigenvalue weighted by molar-refractivity contribution is 8.08. The Morgan fingerprint density at radius 3 is 2.74 bits per heavy atom. The van der Waals surface area contributed by atoms with Crippen molar-refractivity contribution in [3.63, 3.8) is 0 Å². The topological polar surface area (TPSA) is 9.23 Å². The van der Waals surface area contributed by atoms with Gasteiger partial charge in [-0.3, -0.25) is 0 Å². The zero-order valence-corrected chi connectivity index (χ0v) is 11.7. The van der Waals surface area contributed by atoms with Gasteiger partial charge >= 0.3 is 0 Å². The Labute approximate surface area is 118 Å².